The maximum Gasteiger partial charge on any atom is 0.184 e. The normalized spacial score (nSPS) is 43.0. The van der Waals surface area contributed by atoms with Crippen LogP contribution in [0, 0.1) is 34.5 Å². The highest BCUT2D eigenvalue weighted by Gasteiger charge is 2.62. The number of nitrogens with zero attached hydrogens (tertiary/aromatic N) is 1. The van der Waals surface area contributed by atoms with Crippen LogP contribution in [0.25, 0.3) is 0 Å². The van der Waals surface area contributed by atoms with Crippen molar-refractivity contribution in [3.05, 3.63) is 11.6 Å². The Bertz CT molecular complexity index is 828. The van der Waals surface area contributed by atoms with Crippen molar-refractivity contribution in [2.24, 2.45) is 39.7 Å². The van der Waals surface area contributed by atoms with Gasteiger partial charge in [0, 0.05) is 12.0 Å². The minimum Gasteiger partial charge on any atom is -0.414 e. The Hall–Kier alpha value is -0.436. The average molecular weight is 506 g/mol. The van der Waals surface area contributed by atoms with E-state index >= 15 is 0 Å². The van der Waals surface area contributed by atoms with E-state index in [9.17, 15) is 0 Å². The van der Waals surface area contributed by atoms with Gasteiger partial charge in [-0.25, -0.2) is 0 Å². The van der Waals surface area contributed by atoms with Gasteiger partial charge in [0.05, 0.1) is 11.8 Å². The highest BCUT2D eigenvalue weighted by atomic mass is 28.4. The number of rotatable bonds is 6. The minimum atomic E-state index is -1.66. The summed E-state index contributed by atoms with van der Waals surface area (Å²) < 4.78 is 13.5. The molecule has 6 heteroatoms. The largest absolute Gasteiger partial charge is 0.414 e. The van der Waals surface area contributed by atoms with Crippen LogP contribution < -0.4 is 0 Å². The highest BCUT2D eigenvalue weighted by molar-refractivity contribution is 6.70. The fourth-order valence-corrected chi connectivity index (χ4v) is 11.1. The van der Waals surface area contributed by atoms with Crippen LogP contribution in [-0.2, 0) is 13.7 Å². The van der Waals surface area contributed by atoms with Gasteiger partial charge in [0.1, 0.15) is 7.11 Å². The molecule has 0 heterocycles. The SMILES string of the molecule is CO/N=C(\C)C1C(O[Si](C)(C)C)CC2C3CC=C4CC(O[Si](C)(C)C)CCC4(C)C3CCC21C. The number of allylic oxidation sites excluding steroid dienone is 1. The van der Waals surface area contributed by atoms with Crippen molar-refractivity contribution in [2.75, 3.05) is 7.11 Å². The zero-order chi connectivity index (χ0) is 25.1. The Kier molecular flexibility index (Phi) is 7.16. The zero-order valence-corrected chi connectivity index (χ0v) is 25.7. The molecule has 0 aromatic carbocycles. The molecule has 0 aromatic rings. The van der Waals surface area contributed by atoms with Crippen LogP contribution in [-0.4, -0.2) is 41.7 Å². The molecule has 4 rings (SSSR count). The summed E-state index contributed by atoms with van der Waals surface area (Å²) in [7, 11) is -1.48. The molecule has 4 aliphatic carbocycles. The summed E-state index contributed by atoms with van der Waals surface area (Å²) in [4.78, 5) is 5.28. The predicted molar refractivity (Wildman–Crippen MR) is 147 cm³/mol. The van der Waals surface area contributed by atoms with Crippen molar-refractivity contribution in [3.63, 3.8) is 0 Å². The smallest absolute Gasteiger partial charge is 0.184 e. The summed E-state index contributed by atoms with van der Waals surface area (Å²) in [6.45, 7) is 21.3. The van der Waals surface area contributed by atoms with Gasteiger partial charge >= 0.3 is 0 Å². The van der Waals surface area contributed by atoms with Gasteiger partial charge in [-0.15, -0.1) is 0 Å². The number of hydrogen-bond donors (Lipinski definition) is 0. The molecule has 0 amide bonds. The number of hydrogen-bond acceptors (Lipinski definition) is 4. The van der Waals surface area contributed by atoms with Crippen molar-refractivity contribution in [3.8, 4) is 0 Å². The third-order valence-electron chi connectivity index (χ3n) is 9.78. The van der Waals surface area contributed by atoms with E-state index in [1.165, 1.54) is 38.5 Å². The van der Waals surface area contributed by atoms with Crippen molar-refractivity contribution in [2.45, 2.75) is 117 Å². The molecule has 3 saturated carbocycles. The van der Waals surface area contributed by atoms with Gasteiger partial charge in [-0.1, -0.05) is 30.7 Å². The lowest BCUT2D eigenvalue weighted by Crippen LogP contribution is -2.51. The second-order valence-electron chi connectivity index (χ2n) is 14.3. The van der Waals surface area contributed by atoms with Crippen LogP contribution in [0.15, 0.2) is 16.8 Å². The molecule has 8 atom stereocenters. The maximum absolute atomic E-state index is 6.88. The first kappa shape index (κ1) is 26.6. The van der Waals surface area contributed by atoms with Crippen molar-refractivity contribution >= 4 is 22.3 Å². The molecule has 0 aliphatic heterocycles. The molecule has 0 aromatic heterocycles. The third kappa shape index (κ3) is 4.90. The second kappa shape index (κ2) is 9.14. The fraction of sp³-hybridized carbons (Fsp3) is 0.893. The first-order valence-electron chi connectivity index (χ1n) is 13.8. The number of oxime groups is 1. The standard InChI is InChI=1S/C28H51NO3Si2/c1-19(29-30-4)26-25(32-34(8,9)10)18-24-22-12-11-20-17-21(31-33(5,6)7)13-15-27(20,2)23(22)14-16-28(24,26)3/h11,21-26H,12-18H2,1-10H3/b29-19+. The molecule has 8 unspecified atom stereocenters. The first-order chi connectivity index (χ1) is 15.7. The van der Waals surface area contributed by atoms with E-state index in [4.69, 9.17) is 13.7 Å². The molecule has 3 fully saturated rings. The molecular formula is C28H51NO3Si2. The Balaban J connectivity index is 1.62. The minimum absolute atomic E-state index is 0.247. The summed E-state index contributed by atoms with van der Waals surface area (Å²) in [6.07, 6.45) is 12.1. The van der Waals surface area contributed by atoms with Crippen LogP contribution in [0.1, 0.15) is 65.7 Å². The molecule has 194 valence electrons. The molecular weight excluding hydrogens is 454 g/mol. The second-order valence-corrected chi connectivity index (χ2v) is 23.2. The first-order valence-corrected chi connectivity index (χ1v) is 20.6. The fourth-order valence-electron chi connectivity index (χ4n) is 8.73. The maximum atomic E-state index is 6.88. The van der Waals surface area contributed by atoms with Gasteiger partial charge in [0.15, 0.2) is 16.6 Å². The predicted octanol–water partition coefficient (Wildman–Crippen LogP) is 7.64. The monoisotopic (exact) mass is 505 g/mol. The molecule has 4 aliphatic rings. The van der Waals surface area contributed by atoms with Crippen LogP contribution in [0.5, 0.6) is 0 Å². The molecule has 0 bridgehead atoms. The summed E-state index contributed by atoms with van der Waals surface area (Å²) in [5.74, 6) is 2.62. The lowest BCUT2D eigenvalue weighted by molar-refractivity contribution is -0.0416. The molecule has 34 heavy (non-hydrogen) atoms. The lowest BCUT2D eigenvalue weighted by atomic mass is 9.47. The van der Waals surface area contributed by atoms with E-state index in [-0.39, 0.29) is 11.5 Å². The van der Waals surface area contributed by atoms with E-state index in [1.807, 2.05) is 0 Å². The zero-order valence-electron chi connectivity index (χ0n) is 23.7. The summed E-state index contributed by atoms with van der Waals surface area (Å²) in [6, 6.07) is 0. The van der Waals surface area contributed by atoms with Gasteiger partial charge in [-0.05, 0) is 120 Å². The van der Waals surface area contributed by atoms with Crippen LogP contribution in [0.4, 0.5) is 0 Å². The van der Waals surface area contributed by atoms with Crippen molar-refractivity contribution in [1.29, 1.82) is 0 Å². The van der Waals surface area contributed by atoms with Crippen molar-refractivity contribution < 1.29 is 13.7 Å². The van der Waals surface area contributed by atoms with E-state index in [1.54, 1.807) is 12.7 Å². The molecule has 0 N–H and O–H groups in total. The summed E-state index contributed by atoms with van der Waals surface area (Å²) in [5.41, 5.74) is 3.45. The lowest BCUT2D eigenvalue weighted by Gasteiger charge is -2.58. The van der Waals surface area contributed by atoms with Crippen LogP contribution in [0.3, 0.4) is 0 Å². The van der Waals surface area contributed by atoms with Gasteiger partial charge in [-0.3, -0.25) is 0 Å². The van der Waals surface area contributed by atoms with Crippen LogP contribution in [0.2, 0.25) is 39.3 Å². The van der Waals surface area contributed by atoms with Crippen LogP contribution >= 0.6 is 0 Å². The Morgan fingerprint density at radius 2 is 1.65 bits per heavy atom. The molecule has 4 nitrogen and oxygen atoms in total. The van der Waals surface area contributed by atoms with E-state index in [2.05, 4.69) is 71.3 Å². The number of fused-ring (bicyclic) bond motifs is 5. The van der Waals surface area contributed by atoms with E-state index in [0.29, 0.717) is 23.4 Å². The Morgan fingerprint density at radius 1 is 0.971 bits per heavy atom. The topological polar surface area (TPSA) is 40.0 Å². The van der Waals surface area contributed by atoms with Gasteiger partial charge in [-0.2, -0.15) is 0 Å². The van der Waals surface area contributed by atoms with E-state index < -0.39 is 16.6 Å². The highest BCUT2D eigenvalue weighted by Crippen LogP contribution is 2.67. The molecule has 0 saturated heterocycles. The molecule has 0 radical (unpaired) electrons. The quantitative estimate of drug-likeness (QED) is 0.161. The average Bonchev–Trinajstić information content (AvgIpc) is 2.97. The Labute approximate surface area is 211 Å². The van der Waals surface area contributed by atoms with Crippen molar-refractivity contribution in [1.82, 2.24) is 0 Å². The van der Waals surface area contributed by atoms with Gasteiger partial charge in [0.2, 0.25) is 0 Å². The Morgan fingerprint density at radius 3 is 2.26 bits per heavy atom. The third-order valence-corrected chi connectivity index (χ3v) is 11.8. The summed E-state index contributed by atoms with van der Waals surface area (Å²) >= 11 is 0. The van der Waals surface area contributed by atoms with Gasteiger partial charge in [0.25, 0.3) is 0 Å². The van der Waals surface area contributed by atoms with E-state index in [0.717, 1.165) is 24.0 Å². The molecule has 0 spiro atoms. The summed E-state index contributed by atoms with van der Waals surface area (Å²) in [5, 5.41) is 4.47. The van der Waals surface area contributed by atoms with Gasteiger partial charge < -0.3 is 13.7 Å².